The highest BCUT2D eigenvalue weighted by atomic mass is 16.6. The molecule has 2 heterocycles. The van der Waals surface area contributed by atoms with E-state index in [4.69, 9.17) is 28.4 Å². The van der Waals surface area contributed by atoms with Crippen molar-refractivity contribution in [3.8, 4) is 47.0 Å². The number of methoxy groups -OCH3 is 4. The highest BCUT2D eigenvalue weighted by molar-refractivity contribution is 5.92. The lowest BCUT2D eigenvalue weighted by Crippen LogP contribution is -2.05. The van der Waals surface area contributed by atoms with Crippen molar-refractivity contribution in [1.29, 1.82) is 0 Å². The van der Waals surface area contributed by atoms with E-state index >= 15 is 0 Å². The van der Waals surface area contributed by atoms with E-state index in [-0.39, 0.29) is 52.6 Å². The van der Waals surface area contributed by atoms with Gasteiger partial charge in [0.2, 0.25) is 23.5 Å². The van der Waals surface area contributed by atoms with Gasteiger partial charge in [-0.05, 0) is 12.1 Å². The number of para-hydroxylation sites is 1. The molecule has 12 nitrogen and oxygen atoms in total. The second kappa shape index (κ2) is 9.43. The lowest BCUT2D eigenvalue weighted by Gasteiger charge is -2.14. The van der Waals surface area contributed by atoms with E-state index in [0.29, 0.717) is 0 Å². The molecule has 31 heavy (non-hydrogen) atoms. The van der Waals surface area contributed by atoms with E-state index in [9.17, 15) is 9.90 Å². The average Bonchev–Trinajstić information content (AvgIpc) is 2.79. The SMILES string of the molecule is COc1cc(OC)nc(Oc2cccc(C(=O)O)c2Oc2nc(OC)cc(OC)n2)n1. The lowest BCUT2D eigenvalue weighted by molar-refractivity contribution is 0.0693. The number of ether oxygens (including phenoxy) is 6. The fourth-order valence-electron chi connectivity index (χ4n) is 2.34. The Morgan fingerprint density at radius 2 is 1.19 bits per heavy atom. The van der Waals surface area contributed by atoms with Gasteiger partial charge in [-0.25, -0.2) is 4.79 Å². The summed E-state index contributed by atoms with van der Waals surface area (Å²) in [5.41, 5.74) is -0.210. The third kappa shape index (κ3) is 4.98. The predicted octanol–water partition coefficient (Wildman–Crippen LogP) is 2.58. The molecule has 0 amide bonds. The third-order valence-electron chi connectivity index (χ3n) is 3.76. The summed E-state index contributed by atoms with van der Waals surface area (Å²) in [5.74, 6) is -0.800. The monoisotopic (exact) mass is 430 g/mol. The minimum atomic E-state index is -1.26. The Morgan fingerprint density at radius 1 is 0.742 bits per heavy atom. The summed E-state index contributed by atoms with van der Waals surface area (Å²) in [6.45, 7) is 0. The molecule has 0 aliphatic rings. The van der Waals surface area contributed by atoms with E-state index in [1.165, 1.54) is 58.8 Å². The van der Waals surface area contributed by atoms with Crippen molar-refractivity contribution in [3.63, 3.8) is 0 Å². The van der Waals surface area contributed by atoms with Gasteiger partial charge >= 0.3 is 18.0 Å². The largest absolute Gasteiger partial charge is 0.481 e. The molecular weight excluding hydrogens is 412 g/mol. The lowest BCUT2D eigenvalue weighted by atomic mass is 10.2. The van der Waals surface area contributed by atoms with E-state index in [2.05, 4.69) is 19.9 Å². The van der Waals surface area contributed by atoms with Crippen LogP contribution in [0.3, 0.4) is 0 Å². The Hall–Kier alpha value is -4.35. The third-order valence-corrected chi connectivity index (χ3v) is 3.76. The fraction of sp³-hybridized carbons (Fsp3) is 0.211. The van der Waals surface area contributed by atoms with Gasteiger partial charge in [0.05, 0.1) is 40.6 Å². The molecule has 162 valence electrons. The number of hydrogen-bond donors (Lipinski definition) is 1. The maximum Gasteiger partial charge on any atom is 0.339 e. The van der Waals surface area contributed by atoms with Crippen molar-refractivity contribution in [2.24, 2.45) is 0 Å². The van der Waals surface area contributed by atoms with Crippen LogP contribution in [0.2, 0.25) is 0 Å². The molecule has 2 aromatic heterocycles. The number of carboxylic acids is 1. The first-order valence-electron chi connectivity index (χ1n) is 8.63. The normalized spacial score (nSPS) is 10.2. The Labute approximate surface area is 176 Å². The molecule has 0 bridgehead atoms. The molecule has 0 unspecified atom stereocenters. The number of hydrogen-bond acceptors (Lipinski definition) is 11. The zero-order valence-corrected chi connectivity index (χ0v) is 17.0. The highest BCUT2D eigenvalue weighted by Gasteiger charge is 2.21. The smallest absolute Gasteiger partial charge is 0.339 e. The number of benzene rings is 1. The molecular formula is C19H18N4O8. The summed E-state index contributed by atoms with van der Waals surface area (Å²) >= 11 is 0. The van der Waals surface area contributed by atoms with Crippen LogP contribution in [0, 0.1) is 0 Å². The standard InChI is InChI=1S/C19H18N4O8/c1-26-12-8-13(27-2)21-18(20-12)30-11-7-5-6-10(17(24)25)16(11)31-19-22-14(28-3)9-15(23-19)29-4/h5-9H,1-4H3,(H,24,25). The predicted molar refractivity (Wildman–Crippen MR) is 104 cm³/mol. The molecule has 0 saturated heterocycles. The summed E-state index contributed by atoms with van der Waals surface area (Å²) in [5, 5.41) is 9.60. The zero-order valence-electron chi connectivity index (χ0n) is 17.0. The number of aromatic nitrogens is 4. The summed E-state index contributed by atoms with van der Waals surface area (Å²) in [4.78, 5) is 28.0. The van der Waals surface area contributed by atoms with Gasteiger partial charge < -0.3 is 33.5 Å². The Morgan fingerprint density at radius 3 is 1.61 bits per heavy atom. The summed E-state index contributed by atoms with van der Waals surface area (Å²) in [6, 6.07) is 6.77. The molecule has 0 saturated carbocycles. The first-order chi connectivity index (χ1) is 15.0. The van der Waals surface area contributed by atoms with Gasteiger partial charge in [-0.3, -0.25) is 0 Å². The van der Waals surface area contributed by atoms with Gasteiger partial charge in [-0.15, -0.1) is 0 Å². The fourth-order valence-corrected chi connectivity index (χ4v) is 2.34. The van der Waals surface area contributed by atoms with E-state index in [0.717, 1.165) is 0 Å². The van der Waals surface area contributed by atoms with Gasteiger partial charge in [0, 0.05) is 0 Å². The van der Waals surface area contributed by atoms with Gasteiger partial charge in [0.1, 0.15) is 5.56 Å². The van der Waals surface area contributed by atoms with Crippen LogP contribution in [0.1, 0.15) is 10.4 Å². The molecule has 0 spiro atoms. The molecule has 12 heteroatoms. The summed E-state index contributed by atoms with van der Waals surface area (Å²) in [7, 11) is 5.63. The maximum absolute atomic E-state index is 11.8. The first-order valence-corrected chi connectivity index (χ1v) is 8.63. The van der Waals surface area contributed by atoms with Crippen LogP contribution in [0.4, 0.5) is 0 Å². The molecule has 3 rings (SSSR count). The summed E-state index contributed by atoms with van der Waals surface area (Å²) < 4.78 is 31.7. The number of nitrogens with zero attached hydrogens (tertiary/aromatic N) is 4. The van der Waals surface area contributed by atoms with Crippen LogP contribution in [0.25, 0.3) is 0 Å². The van der Waals surface area contributed by atoms with Gasteiger partial charge in [-0.1, -0.05) is 6.07 Å². The number of rotatable bonds is 9. The molecule has 0 fully saturated rings. The van der Waals surface area contributed by atoms with Crippen LogP contribution in [-0.4, -0.2) is 59.5 Å². The van der Waals surface area contributed by atoms with Crippen molar-refractivity contribution in [2.45, 2.75) is 0 Å². The maximum atomic E-state index is 11.8. The van der Waals surface area contributed by atoms with Crippen molar-refractivity contribution < 1.29 is 38.3 Å². The molecule has 0 radical (unpaired) electrons. The minimum Gasteiger partial charge on any atom is -0.481 e. The van der Waals surface area contributed by atoms with Gasteiger partial charge in [-0.2, -0.15) is 19.9 Å². The van der Waals surface area contributed by atoms with Crippen LogP contribution < -0.4 is 28.4 Å². The second-order valence-corrected chi connectivity index (χ2v) is 5.61. The quantitative estimate of drug-likeness (QED) is 0.532. The van der Waals surface area contributed by atoms with Crippen molar-refractivity contribution >= 4 is 5.97 Å². The van der Waals surface area contributed by atoms with E-state index in [1.807, 2.05) is 0 Å². The Bertz CT molecular complexity index is 1050. The number of carbonyl (C=O) groups is 1. The van der Waals surface area contributed by atoms with Gasteiger partial charge in [0.25, 0.3) is 0 Å². The van der Waals surface area contributed by atoms with Crippen molar-refractivity contribution in [1.82, 2.24) is 19.9 Å². The molecule has 1 N–H and O–H groups in total. The zero-order chi connectivity index (χ0) is 22.4. The van der Waals surface area contributed by atoms with Crippen molar-refractivity contribution in [2.75, 3.05) is 28.4 Å². The summed E-state index contributed by atoms with van der Waals surface area (Å²) in [6.07, 6.45) is 0. The van der Waals surface area contributed by atoms with E-state index < -0.39 is 5.97 Å². The number of carboxylic acid groups (broad SMARTS) is 1. The molecule has 1 aromatic carbocycles. The van der Waals surface area contributed by atoms with E-state index in [1.54, 1.807) is 0 Å². The molecule has 3 aromatic rings. The van der Waals surface area contributed by atoms with Crippen LogP contribution >= 0.6 is 0 Å². The molecule has 0 aliphatic carbocycles. The molecule has 0 aliphatic heterocycles. The Balaban J connectivity index is 2.06. The van der Waals surface area contributed by atoms with Crippen LogP contribution in [0.5, 0.6) is 47.0 Å². The van der Waals surface area contributed by atoms with Crippen molar-refractivity contribution in [3.05, 3.63) is 35.9 Å². The van der Waals surface area contributed by atoms with Crippen LogP contribution in [-0.2, 0) is 0 Å². The second-order valence-electron chi connectivity index (χ2n) is 5.61. The molecule has 0 atom stereocenters. The average molecular weight is 430 g/mol. The Kier molecular flexibility index (Phi) is 6.50. The minimum absolute atomic E-state index is 0.0133. The number of aromatic carboxylic acids is 1. The van der Waals surface area contributed by atoms with Crippen LogP contribution in [0.15, 0.2) is 30.3 Å². The highest BCUT2D eigenvalue weighted by Crippen LogP contribution is 2.37. The first kappa shape index (κ1) is 21.4. The topological polar surface area (TPSA) is 144 Å². The van der Waals surface area contributed by atoms with Gasteiger partial charge in [0.15, 0.2) is 11.5 Å².